The van der Waals surface area contributed by atoms with Gasteiger partial charge in [-0.25, -0.2) is 4.79 Å². The van der Waals surface area contributed by atoms with Gasteiger partial charge < -0.3 is 26.2 Å². The number of hydrogen-bond acceptors (Lipinski definition) is 8. The van der Waals surface area contributed by atoms with Crippen LogP contribution in [0.1, 0.15) is 15.9 Å². The number of rotatable bonds is 10. The van der Waals surface area contributed by atoms with Crippen LogP contribution in [-0.4, -0.2) is 45.6 Å². The number of nitrogens with one attached hydrogen (secondary N) is 3. The van der Waals surface area contributed by atoms with E-state index in [2.05, 4.69) is 20.9 Å². The molecule has 0 aliphatic heterocycles. The monoisotopic (exact) mass is 506 g/mol. The number of benzene rings is 1. The van der Waals surface area contributed by atoms with Crippen LogP contribution in [0.15, 0.2) is 46.2 Å². The SMILES string of the molecule is O=C(O)CNc1c(N[C@@H](Cc2ccc(NC(=O)c3c(Cl)cncc3Cl)cc2)C(=O)O)c(=O)c1=O. The summed E-state index contributed by atoms with van der Waals surface area (Å²) in [4.78, 5) is 62.1. The molecule has 13 heteroatoms. The topological polar surface area (TPSA) is 175 Å². The molecular weight excluding hydrogens is 491 g/mol. The number of hydrogen-bond donors (Lipinski definition) is 5. The molecule has 0 unspecified atom stereocenters. The van der Waals surface area contributed by atoms with Gasteiger partial charge in [-0.1, -0.05) is 35.3 Å². The van der Waals surface area contributed by atoms with E-state index in [1.807, 2.05) is 0 Å². The molecular formula is C21H16Cl2N4O7. The zero-order chi connectivity index (χ0) is 25.0. The van der Waals surface area contributed by atoms with E-state index in [0.29, 0.717) is 11.3 Å². The van der Waals surface area contributed by atoms with Crippen molar-refractivity contribution in [1.82, 2.24) is 4.98 Å². The summed E-state index contributed by atoms with van der Waals surface area (Å²) >= 11 is 11.9. The van der Waals surface area contributed by atoms with Crippen LogP contribution in [0.25, 0.3) is 0 Å². The normalized spacial score (nSPS) is 11.6. The lowest BCUT2D eigenvalue weighted by Crippen LogP contribution is -2.42. The highest BCUT2D eigenvalue weighted by Crippen LogP contribution is 2.24. The Hall–Kier alpha value is -3.96. The van der Waals surface area contributed by atoms with E-state index in [-0.39, 0.29) is 33.4 Å². The maximum Gasteiger partial charge on any atom is 0.326 e. The third kappa shape index (κ3) is 5.50. The van der Waals surface area contributed by atoms with Crippen molar-refractivity contribution >= 4 is 58.1 Å². The van der Waals surface area contributed by atoms with E-state index in [9.17, 15) is 29.1 Å². The van der Waals surface area contributed by atoms with Crippen molar-refractivity contribution in [3.8, 4) is 0 Å². The first kappa shape index (κ1) is 24.7. The van der Waals surface area contributed by atoms with Crippen LogP contribution >= 0.6 is 23.2 Å². The number of anilines is 3. The van der Waals surface area contributed by atoms with E-state index in [4.69, 9.17) is 28.3 Å². The van der Waals surface area contributed by atoms with Gasteiger partial charge in [0.25, 0.3) is 16.8 Å². The molecule has 176 valence electrons. The number of carbonyl (C=O) groups excluding carboxylic acids is 1. The summed E-state index contributed by atoms with van der Waals surface area (Å²) in [7, 11) is 0. The molecule has 0 aliphatic rings. The fourth-order valence-corrected chi connectivity index (χ4v) is 3.55. The highest BCUT2D eigenvalue weighted by atomic mass is 35.5. The van der Waals surface area contributed by atoms with E-state index < -0.39 is 41.3 Å². The molecule has 34 heavy (non-hydrogen) atoms. The van der Waals surface area contributed by atoms with Crippen molar-refractivity contribution in [1.29, 1.82) is 0 Å². The molecule has 0 saturated carbocycles. The largest absolute Gasteiger partial charge is 0.480 e. The Morgan fingerprint density at radius 3 is 2.09 bits per heavy atom. The fourth-order valence-electron chi connectivity index (χ4n) is 3.02. The van der Waals surface area contributed by atoms with Gasteiger partial charge in [0.15, 0.2) is 0 Å². The van der Waals surface area contributed by atoms with Crippen molar-refractivity contribution in [2.45, 2.75) is 12.5 Å². The molecule has 0 aliphatic carbocycles. The maximum atomic E-state index is 12.4. The summed E-state index contributed by atoms with van der Waals surface area (Å²) in [6, 6.07) is 4.91. The van der Waals surface area contributed by atoms with Crippen LogP contribution in [0, 0.1) is 0 Å². The van der Waals surface area contributed by atoms with Gasteiger partial charge in [-0.05, 0) is 17.7 Å². The summed E-state index contributed by atoms with van der Waals surface area (Å²) in [6.45, 7) is -0.611. The summed E-state index contributed by atoms with van der Waals surface area (Å²) in [5.41, 5.74) is -1.44. The first-order valence-corrected chi connectivity index (χ1v) is 10.3. The van der Waals surface area contributed by atoms with Crippen molar-refractivity contribution in [3.05, 3.63) is 78.3 Å². The number of carboxylic acids is 2. The predicted molar refractivity (Wildman–Crippen MR) is 125 cm³/mol. The van der Waals surface area contributed by atoms with Crippen LogP contribution in [0.5, 0.6) is 0 Å². The number of pyridine rings is 1. The molecule has 0 fully saturated rings. The number of nitrogens with zero attached hydrogens (tertiary/aromatic N) is 1. The van der Waals surface area contributed by atoms with Crippen molar-refractivity contribution in [3.63, 3.8) is 0 Å². The molecule has 0 radical (unpaired) electrons. The van der Waals surface area contributed by atoms with E-state index in [1.165, 1.54) is 24.5 Å². The molecule has 1 amide bonds. The minimum absolute atomic E-state index is 0.0536. The van der Waals surface area contributed by atoms with Crippen LogP contribution < -0.4 is 26.8 Å². The number of halogens is 2. The molecule has 1 atom stereocenters. The quantitative estimate of drug-likeness (QED) is 0.255. The van der Waals surface area contributed by atoms with Crippen LogP contribution in [0.2, 0.25) is 10.0 Å². The van der Waals surface area contributed by atoms with Crippen molar-refractivity contribution in [2.24, 2.45) is 0 Å². The first-order chi connectivity index (χ1) is 16.1. The van der Waals surface area contributed by atoms with Crippen LogP contribution in [0.4, 0.5) is 17.1 Å². The average Bonchev–Trinajstić information content (AvgIpc) is 2.78. The standard InChI is InChI=1S/C21H16Cl2N4O7/c22-11-6-24-7-12(23)15(11)20(32)26-10-3-1-9(2-4-10)5-13(21(33)34)27-17-16(18(30)19(17)31)25-8-14(28)29/h1-4,6-7,13,25,27H,5,8H2,(H,26,32)(H,28,29)(H,33,34)/t13-/m0/s1. The van der Waals surface area contributed by atoms with Gasteiger partial charge in [-0.2, -0.15) is 0 Å². The lowest BCUT2D eigenvalue weighted by Gasteiger charge is -2.19. The Labute approximate surface area is 201 Å². The second kappa shape index (κ2) is 10.3. The molecule has 0 bridgehead atoms. The number of aromatic nitrogens is 1. The van der Waals surface area contributed by atoms with Crippen LogP contribution in [-0.2, 0) is 16.0 Å². The highest BCUT2D eigenvalue weighted by molar-refractivity contribution is 6.40. The molecule has 1 heterocycles. The molecule has 2 aromatic carbocycles. The van der Waals surface area contributed by atoms with E-state index >= 15 is 0 Å². The van der Waals surface area contributed by atoms with Crippen LogP contribution in [0.3, 0.4) is 0 Å². The number of carbonyl (C=O) groups is 3. The third-order valence-electron chi connectivity index (χ3n) is 4.68. The third-order valence-corrected chi connectivity index (χ3v) is 5.25. The van der Waals surface area contributed by atoms with Crippen molar-refractivity contribution in [2.75, 3.05) is 22.5 Å². The Bertz CT molecular complexity index is 1310. The molecule has 1 aromatic heterocycles. The summed E-state index contributed by atoms with van der Waals surface area (Å²) in [5.74, 6) is -3.11. The van der Waals surface area contributed by atoms with Gasteiger partial charge in [-0.3, -0.25) is 24.2 Å². The van der Waals surface area contributed by atoms with E-state index in [1.54, 1.807) is 12.1 Å². The first-order valence-electron chi connectivity index (χ1n) is 9.56. The van der Waals surface area contributed by atoms with Crippen molar-refractivity contribution < 1.29 is 24.6 Å². The lowest BCUT2D eigenvalue weighted by molar-refractivity contribution is -0.138. The summed E-state index contributed by atoms with van der Waals surface area (Å²) in [5, 5.41) is 25.8. The maximum absolute atomic E-state index is 12.4. The average molecular weight is 507 g/mol. The molecule has 0 spiro atoms. The lowest BCUT2D eigenvalue weighted by atomic mass is 10.0. The fraction of sp³-hybridized carbons (Fsp3) is 0.143. The Balaban J connectivity index is 1.70. The predicted octanol–water partition coefficient (Wildman–Crippen LogP) is 1.84. The zero-order valence-corrected chi connectivity index (χ0v) is 18.6. The van der Waals surface area contributed by atoms with Gasteiger partial charge in [0.2, 0.25) is 0 Å². The van der Waals surface area contributed by atoms with Gasteiger partial charge in [-0.15, -0.1) is 0 Å². The Morgan fingerprint density at radius 2 is 1.53 bits per heavy atom. The second-order valence-electron chi connectivity index (χ2n) is 7.02. The molecule has 3 aromatic rings. The molecule has 5 N–H and O–H groups in total. The van der Waals surface area contributed by atoms with Gasteiger partial charge >= 0.3 is 11.9 Å². The molecule has 3 rings (SSSR count). The van der Waals surface area contributed by atoms with Gasteiger partial charge in [0, 0.05) is 24.5 Å². The van der Waals surface area contributed by atoms with Gasteiger partial charge in [0.1, 0.15) is 24.0 Å². The minimum atomic E-state index is -1.29. The highest BCUT2D eigenvalue weighted by Gasteiger charge is 2.27. The second-order valence-corrected chi connectivity index (χ2v) is 7.84. The number of carboxylic acid groups (broad SMARTS) is 2. The van der Waals surface area contributed by atoms with E-state index in [0.717, 1.165) is 0 Å². The minimum Gasteiger partial charge on any atom is -0.480 e. The van der Waals surface area contributed by atoms with Gasteiger partial charge in [0.05, 0.1) is 15.6 Å². The summed E-state index contributed by atoms with van der Waals surface area (Å²) < 4.78 is 0. The number of amides is 1. The smallest absolute Gasteiger partial charge is 0.326 e. The molecule has 11 nitrogen and oxygen atoms in total. The Kier molecular flexibility index (Phi) is 7.49. The number of aliphatic carboxylic acids is 2. The molecule has 0 saturated heterocycles. The summed E-state index contributed by atoms with van der Waals surface area (Å²) in [6.07, 6.45) is 2.48. The Morgan fingerprint density at radius 1 is 0.941 bits per heavy atom. The zero-order valence-electron chi connectivity index (χ0n) is 17.1.